The van der Waals surface area contributed by atoms with E-state index in [-0.39, 0.29) is 10.9 Å². The lowest BCUT2D eigenvalue weighted by atomic mass is 10.2. The second-order valence-corrected chi connectivity index (χ2v) is 6.85. The molecular weight excluding hydrogens is 272 g/mol. The van der Waals surface area contributed by atoms with Gasteiger partial charge in [0.2, 0.25) is 10.0 Å². The van der Waals surface area contributed by atoms with Gasteiger partial charge in [-0.2, -0.15) is 4.31 Å². The normalized spacial score (nSPS) is 16.2. The summed E-state index contributed by atoms with van der Waals surface area (Å²) in [6.07, 6.45) is 1.87. The molecule has 1 fully saturated rings. The number of anilines is 1. The lowest BCUT2D eigenvalue weighted by molar-refractivity contribution is 0.420. The van der Waals surface area contributed by atoms with Gasteiger partial charge in [-0.15, -0.1) is 0 Å². The van der Waals surface area contributed by atoms with E-state index < -0.39 is 10.0 Å². The number of rotatable bonds is 4. The van der Waals surface area contributed by atoms with Gasteiger partial charge in [0.15, 0.2) is 0 Å². The summed E-state index contributed by atoms with van der Waals surface area (Å²) >= 11 is 5.91. The molecule has 100 valence electrons. The topological polar surface area (TPSA) is 63.4 Å². The fourth-order valence-corrected chi connectivity index (χ4v) is 4.32. The third-order valence-corrected chi connectivity index (χ3v) is 5.59. The van der Waals surface area contributed by atoms with Crippen LogP contribution in [0.3, 0.4) is 0 Å². The van der Waals surface area contributed by atoms with Gasteiger partial charge in [-0.25, -0.2) is 8.42 Å². The molecule has 1 aromatic carbocycles. The van der Waals surface area contributed by atoms with Crippen LogP contribution in [-0.2, 0) is 10.0 Å². The van der Waals surface area contributed by atoms with Crippen LogP contribution in [0, 0.1) is 6.92 Å². The maximum atomic E-state index is 12.6. The van der Waals surface area contributed by atoms with Gasteiger partial charge in [0.25, 0.3) is 0 Å². The molecule has 0 amide bonds. The first-order valence-corrected chi connectivity index (χ1v) is 7.77. The number of nitrogens with zero attached hydrogens (tertiary/aromatic N) is 1. The summed E-state index contributed by atoms with van der Waals surface area (Å²) in [4.78, 5) is 0.223. The summed E-state index contributed by atoms with van der Waals surface area (Å²) in [5, 5.41) is 0.350. The maximum Gasteiger partial charge on any atom is 0.243 e. The SMILES string of the molecule is CCN(C1CC1)S(=O)(=O)c1cc(Cl)cc(N)c1C. The minimum Gasteiger partial charge on any atom is -0.398 e. The van der Waals surface area contributed by atoms with Crippen LogP contribution in [0.1, 0.15) is 25.3 Å². The molecule has 2 rings (SSSR count). The first-order chi connectivity index (χ1) is 8.37. The number of hydrogen-bond acceptors (Lipinski definition) is 3. The molecule has 0 heterocycles. The predicted octanol–water partition coefficient (Wildman–Crippen LogP) is 2.40. The first-order valence-electron chi connectivity index (χ1n) is 5.95. The Morgan fingerprint density at radius 2 is 2.06 bits per heavy atom. The number of nitrogen functional groups attached to an aromatic ring is 1. The molecule has 1 aliphatic rings. The number of halogens is 1. The Morgan fingerprint density at radius 3 is 2.56 bits per heavy atom. The monoisotopic (exact) mass is 288 g/mol. The highest BCUT2D eigenvalue weighted by molar-refractivity contribution is 7.89. The minimum absolute atomic E-state index is 0.139. The van der Waals surface area contributed by atoms with Crippen LogP contribution >= 0.6 is 11.6 Å². The molecule has 0 spiro atoms. The van der Waals surface area contributed by atoms with Crippen LogP contribution < -0.4 is 5.73 Å². The number of benzene rings is 1. The van der Waals surface area contributed by atoms with E-state index in [1.165, 1.54) is 10.4 Å². The van der Waals surface area contributed by atoms with Crippen molar-refractivity contribution in [3.8, 4) is 0 Å². The molecule has 1 aliphatic carbocycles. The van der Waals surface area contributed by atoms with E-state index in [4.69, 9.17) is 17.3 Å². The van der Waals surface area contributed by atoms with Crippen molar-refractivity contribution in [1.29, 1.82) is 0 Å². The van der Waals surface area contributed by atoms with Crippen LogP contribution in [-0.4, -0.2) is 25.3 Å². The summed E-state index contributed by atoms with van der Waals surface area (Å²) in [6, 6.07) is 3.19. The highest BCUT2D eigenvalue weighted by Gasteiger charge is 2.37. The van der Waals surface area contributed by atoms with Crippen LogP contribution in [0.25, 0.3) is 0 Å². The second-order valence-electron chi connectivity index (χ2n) is 4.56. The zero-order valence-electron chi connectivity index (χ0n) is 10.5. The highest BCUT2D eigenvalue weighted by Crippen LogP contribution is 2.34. The molecule has 0 unspecified atom stereocenters. The third kappa shape index (κ3) is 2.35. The van der Waals surface area contributed by atoms with Gasteiger partial charge in [0, 0.05) is 23.3 Å². The van der Waals surface area contributed by atoms with Gasteiger partial charge in [0.1, 0.15) is 0 Å². The average Bonchev–Trinajstić information content (AvgIpc) is 3.08. The lowest BCUT2D eigenvalue weighted by Crippen LogP contribution is -2.33. The van der Waals surface area contributed by atoms with E-state index in [2.05, 4.69) is 0 Å². The van der Waals surface area contributed by atoms with E-state index in [0.29, 0.717) is 22.8 Å². The van der Waals surface area contributed by atoms with Crippen LogP contribution in [0.15, 0.2) is 17.0 Å². The van der Waals surface area contributed by atoms with Gasteiger partial charge in [-0.1, -0.05) is 18.5 Å². The molecule has 2 N–H and O–H groups in total. The van der Waals surface area contributed by atoms with Crippen molar-refractivity contribution in [1.82, 2.24) is 4.31 Å². The van der Waals surface area contributed by atoms with Crippen molar-refractivity contribution in [2.75, 3.05) is 12.3 Å². The Kier molecular flexibility index (Phi) is 3.58. The lowest BCUT2D eigenvalue weighted by Gasteiger charge is -2.21. The summed E-state index contributed by atoms with van der Waals surface area (Å²) in [5.41, 5.74) is 6.76. The van der Waals surface area contributed by atoms with Crippen LogP contribution in [0.5, 0.6) is 0 Å². The van der Waals surface area contributed by atoms with E-state index in [0.717, 1.165) is 12.8 Å². The fraction of sp³-hybridized carbons (Fsp3) is 0.500. The van der Waals surface area contributed by atoms with Gasteiger partial charge in [-0.3, -0.25) is 0 Å². The molecule has 6 heteroatoms. The van der Waals surface area contributed by atoms with Gasteiger partial charge >= 0.3 is 0 Å². The first kappa shape index (κ1) is 13.6. The van der Waals surface area contributed by atoms with E-state index >= 15 is 0 Å². The smallest absolute Gasteiger partial charge is 0.243 e. The molecule has 18 heavy (non-hydrogen) atoms. The quantitative estimate of drug-likeness (QED) is 0.865. The third-order valence-electron chi connectivity index (χ3n) is 3.22. The zero-order valence-corrected chi connectivity index (χ0v) is 12.1. The number of hydrogen-bond donors (Lipinski definition) is 1. The summed E-state index contributed by atoms with van der Waals surface area (Å²) in [5.74, 6) is 0. The van der Waals surface area contributed by atoms with E-state index in [1.807, 2.05) is 6.92 Å². The average molecular weight is 289 g/mol. The predicted molar refractivity (Wildman–Crippen MR) is 73.2 cm³/mol. The van der Waals surface area contributed by atoms with Gasteiger partial charge < -0.3 is 5.73 Å². The van der Waals surface area contributed by atoms with Crippen molar-refractivity contribution in [2.24, 2.45) is 0 Å². The summed E-state index contributed by atoms with van der Waals surface area (Å²) in [6.45, 7) is 4.03. The number of sulfonamides is 1. The van der Waals surface area contributed by atoms with E-state index in [9.17, 15) is 8.42 Å². The standard InChI is InChI=1S/C12H17ClN2O2S/c1-3-15(10-4-5-10)18(16,17)12-7-9(13)6-11(14)8(12)2/h6-7,10H,3-5,14H2,1-2H3. The Morgan fingerprint density at radius 1 is 1.44 bits per heavy atom. The molecule has 0 atom stereocenters. The Balaban J connectivity index is 2.52. The molecule has 1 aromatic rings. The summed E-state index contributed by atoms with van der Waals surface area (Å²) in [7, 11) is -3.49. The second kappa shape index (κ2) is 4.72. The van der Waals surface area contributed by atoms with Crippen molar-refractivity contribution < 1.29 is 8.42 Å². The largest absolute Gasteiger partial charge is 0.398 e. The molecule has 4 nitrogen and oxygen atoms in total. The Labute approximate surface area is 113 Å². The molecule has 1 saturated carbocycles. The molecular formula is C12H17ClN2O2S. The van der Waals surface area contributed by atoms with Crippen molar-refractivity contribution in [3.63, 3.8) is 0 Å². The van der Waals surface area contributed by atoms with Crippen molar-refractivity contribution in [2.45, 2.75) is 37.6 Å². The highest BCUT2D eigenvalue weighted by atomic mass is 35.5. The van der Waals surface area contributed by atoms with Gasteiger partial charge in [-0.05, 0) is 37.5 Å². The zero-order chi connectivity index (χ0) is 13.5. The fourth-order valence-electron chi connectivity index (χ4n) is 2.06. The Bertz CT molecular complexity index is 568. The number of nitrogens with two attached hydrogens (primary N) is 1. The van der Waals surface area contributed by atoms with Gasteiger partial charge in [0.05, 0.1) is 4.90 Å². The molecule has 0 aromatic heterocycles. The maximum absolute atomic E-state index is 12.6. The Hall–Kier alpha value is -0.780. The molecule has 0 bridgehead atoms. The minimum atomic E-state index is -3.49. The summed E-state index contributed by atoms with van der Waals surface area (Å²) < 4.78 is 26.7. The molecule has 0 radical (unpaired) electrons. The molecule has 0 saturated heterocycles. The van der Waals surface area contributed by atoms with Crippen LogP contribution in [0.2, 0.25) is 5.02 Å². The van der Waals surface area contributed by atoms with Crippen LogP contribution in [0.4, 0.5) is 5.69 Å². The van der Waals surface area contributed by atoms with Crippen molar-refractivity contribution in [3.05, 3.63) is 22.7 Å². The molecule has 0 aliphatic heterocycles. The van der Waals surface area contributed by atoms with Crippen molar-refractivity contribution >= 4 is 27.3 Å². The van der Waals surface area contributed by atoms with E-state index in [1.54, 1.807) is 13.0 Å².